The summed E-state index contributed by atoms with van der Waals surface area (Å²) < 4.78 is 0. The average molecular weight is 408 g/mol. The van der Waals surface area contributed by atoms with E-state index in [1.54, 1.807) is 0 Å². The fourth-order valence-corrected chi connectivity index (χ4v) is 4.12. The van der Waals surface area contributed by atoms with Gasteiger partial charge in [0.05, 0.1) is 6.54 Å². The van der Waals surface area contributed by atoms with Gasteiger partial charge in [-0.25, -0.2) is 0 Å². The molecule has 2 atom stereocenters. The molecule has 0 fully saturated rings. The van der Waals surface area contributed by atoms with Crippen LogP contribution in [-0.2, 0) is 4.79 Å². The van der Waals surface area contributed by atoms with Crippen LogP contribution in [0, 0.1) is 11.8 Å². The average Bonchev–Trinajstić information content (AvgIpc) is 2.70. The first kappa shape index (κ1) is 27.9. The largest absolute Gasteiger partial charge is 0.480 e. The van der Waals surface area contributed by atoms with Crippen molar-refractivity contribution >= 4 is 5.97 Å². The van der Waals surface area contributed by atoms with Crippen LogP contribution in [-0.4, -0.2) is 35.6 Å². The normalized spacial score (nSPS) is 13.3. The third kappa shape index (κ3) is 17.5. The Morgan fingerprint density at radius 2 is 1.21 bits per heavy atom. The standard InChI is InChI=1S/C26H49NO2/c1-5-9-11-13-15-17-19-24(7-3)21-27(23-26(28)29)22-25(8-4)20-18-16-14-12-10-6-2/h5-6,24-25H,1-2,7-23H2,3-4H3,(H,28,29). The summed E-state index contributed by atoms with van der Waals surface area (Å²) in [7, 11) is 0. The molecule has 0 aliphatic heterocycles. The Morgan fingerprint density at radius 3 is 1.55 bits per heavy atom. The Hall–Kier alpha value is -1.09. The Morgan fingerprint density at radius 1 is 0.793 bits per heavy atom. The lowest BCUT2D eigenvalue weighted by Crippen LogP contribution is -2.37. The van der Waals surface area contributed by atoms with Crippen LogP contribution in [0.15, 0.2) is 25.3 Å². The van der Waals surface area contributed by atoms with Gasteiger partial charge in [-0.3, -0.25) is 9.69 Å². The summed E-state index contributed by atoms with van der Waals surface area (Å²) in [6.45, 7) is 14.1. The summed E-state index contributed by atoms with van der Waals surface area (Å²) in [6.07, 6.45) is 21.1. The summed E-state index contributed by atoms with van der Waals surface area (Å²) in [5, 5.41) is 9.39. The van der Waals surface area contributed by atoms with Crippen molar-refractivity contribution in [3.8, 4) is 0 Å². The Balaban J connectivity index is 4.37. The van der Waals surface area contributed by atoms with Crippen molar-refractivity contribution in [2.45, 2.75) is 104 Å². The first-order valence-electron chi connectivity index (χ1n) is 12.2. The monoisotopic (exact) mass is 407 g/mol. The molecule has 0 aromatic heterocycles. The van der Waals surface area contributed by atoms with Gasteiger partial charge >= 0.3 is 5.97 Å². The van der Waals surface area contributed by atoms with Gasteiger partial charge in [-0.15, -0.1) is 13.2 Å². The van der Waals surface area contributed by atoms with E-state index in [0.29, 0.717) is 11.8 Å². The molecule has 0 saturated carbocycles. The van der Waals surface area contributed by atoms with Gasteiger partial charge in [-0.05, 0) is 50.4 Å². The fourth-order valence-electron chi connectivity index (χ4n) is 4.12. The SMILES string of the molecule is C=CCCCCCCC(CC)CN(CC(=O)O)CC(CC)CCCCCCC=C. The molecule has 1 N–H and O–H groups in total. The lowest BCUT2D eigenvalue weighted by atomic mass is 9.94. The van der Waals surface area contributed by atoms with Gasteiger partial charge in [0.25, 0.3) is 0 Å². The zero-order valence-electron chi connectivity index (χ0n) is 19.5. The zero-order valence-corrected chi connectivity index (χ0v) is 19.5. The maximum atomic E-state index is 11.4. The number of allylic oxidation sites excluding steroid dienone is 2. The number of nitrogens with zero attached hydrogens (tertiary/aromatic N) is 1. The number of carboxylic acid groups (broad SMARTS) is 1. The summed E-state index contributed by atoms with van der Waals surface area (Å²) in [6, 6.07) is 0. The highest BCUT2D eigenvalue weighted by atomic mass is 16.4. The molecule has 170 valence electrons. The highest BCUT2D eigenvalue weighted by molar-refractivity contribution is 5.69. The number of carboxylic acids is 1. The van der Waals surface area contributed by atoms with E-state index in [1.807, 2.05) is 12.2 Å². The number of hydrogen-bond donors (Lipinski definition) is 1. The van der Waals surface area contributed by atoms with E-state index >= 15 is 0 Å². The van der Waals surface area contributed by atoms with Gasteiger partial charge in [0, 0.05) is 13.1 Å². The predicted molar refractivity (Wildman–Crippen MR) is 127 cm³/mol. The molecule has 2 unspecified atom stereocenters. The molecule has 3 nitrogen and oxygen atoms in total. The van der Waals surface area contributed by atoms with Crippen LogP contribution < -0.4 is 0 Å². The van der Waals surface area contributed by atoms with Crippen molar-refractivity contribution in [1.29, 1.82) is 0 Å². The highest BCUT2D eigenvalue weighted by Crippen LogP contribution is 2.20. The number of hydrogen-bond acceptors (Lipinski definition) is 2. The van der Waals surface area contributed by atoms with Crippen molar-refractivity contribution < 1.29 is 9.90 Å². The predicted octanol–water partition coefficient (Wildman–Crippen LogP) is 7.48. The lowest BCUT2D eigenvalue weighted by molar-refractivity contribution is -0.138. The Bertz CT molecular complexity index is 378. The second kappa shape index (κ2) is 20.2. The van der Waals surface area contributed by atoms with Crippen molar-refractivity contribution in [2.75, 3.05) is 19.6 Å². The molecule has 0 saturated heterocycles. The first-order valence-corrected chi connectivity index (χ1v) is 12.2. The summed E-state index contributed by atoms with van der Waals surface area (Å²) in [5.41, 5.74) is 0. The van der Waals surface area contributed by atoms with E-state index in [9.17, 15) is 9.90 Å². The summed E-state index contributed by atoms with van der Waals surface area (Å²) in [5.74, 6) is 0.541. The van der Waals surface area contributed by atoms with Crippen LogP contribution in [0.2, 0.25) is 0 Å². The minimum atomic E-state index is -0.691. The van der Waals surface area contributed by atoms with Crippen LogP contribution in [0.1, 0.15) is 104 Å². The number of aliphatic carboxylic acids is 1. The third-order valence-electron chi connectivity index (χ3n) is 6.09. The molecule has 0 aliphatic rings. The van der Waals surface area contributed by atoms with Crippen LogP contribution >= 0.6 is 0 Å². The molecule has 0 amide bonds. The molecular formula is C26H49NO2. The van der Waals surface area contributed by atoms with E-state index in [0.717, 1.165) is 38.8 Å². The van der Waals surface area contributed by atoms with E-state index in [2.05, 4.69) is 31.9 Å². The van der Waals surface area contributed by atoms with Gasteiger partial charge in [0.15, 0.2) is 0 Å². The maximum Gasteiger partial charge on any atom is 0.317 e. The minimum Gasteiger partial charge on any atom is -0.480 e. The number of rotatable bonds is 22. The molecule has 0 heterocycles. The van der Waals surface area contributed by atoms with Gasteiger partial charge < -0.3 is 5.11 Å². The third-order valence-corrected chi connectivity index (χ3v) is 6.09. The van der Waals surface area contributed by atoms with Crippen molar-refractivity contribution in [2.24, 2.45) is 11.8 Å². The van der Waals surface area contributed by atoms with Gasteiger partial charge in [0.1, 0.15) is 0 Å². The van der Waals surface area contributed by atoms with E-state index in [4.69, 9.17) is 0 Å². The Labute approximate surface area is 181 Å². The number of unbranched alkanes of at least 4 members (excludes halogenated alkanes) is 8. The molecule has 3 heteroatoms. The van der Waals surface area contributed by atoms with E-state index in [-0.39, 0.29) is 6.54 Å². The quantitative estimate of drug-likeness (QED) is 0.149. The van der Waals surface area contributed by atoms with Crippen LogP contribution in [0.3, 0.4) is 0 Å². The molecule has 0 aromatic rings. The summed E-state index contributed by atoms with van der Waals surface area (Å²) >= 11 is 0. The number of carbonyl (C=O) groups is 1. The fraction of sp³-hybridized carbons (Fsp3) is 0.808. The van der Waals surface area contributed by atoms with Gasteiger partial charge in [-0.2, -0.15) is 0 Å². The van der Waals surface area contributed by atoms with Crippen LogP contribution in [0.5, 0.6) is 0 Å². The lowest BCUT2D eigenvalue weighted by Gasteiger charge is -2.29. The van der Waals surface area contributed by atoms with Crippen molar-refractivity contribution in [1.82, 2.24) is 4.90 Å². The van der Waals surface area contributed by atoms with Crippen LogP contribution in [0.25, 0.3) is 0 Å². The van der Waals surface area contributed by atoms with E-state index < -0.39 is 5.97 Å². The maximum absolute atomic E-state index is 11.4. The first-order chi connectivity index (χ1) is 14.1. The smallest absolute Gasteiger partial charge is 0.317 e. The minimum absolute atomic E-state index is 0.186. The van der Waals surface area contributed by atoms with Gasteiger partial charge in [0.2, 0.25) is 0 Å². The molecule has 0 spiro atoms. The zero-order chi connectivity index (χ0) is 21.7. The highest BCUT2D eigenvalue weighted by Gasteiger charge is 2.19. The van der Waals surface area contributed by atoms with Gasteiger partial charge in [-0.1, -0.05) is 77.4 Å². The topological polar surface area (TPSA) is 40.5 Å². The molecule has 29 heavy (non-hydrogen) atoms. The molecule has 0 radical (unpaired) electrons. The van der Waals surface area contributed by atoms with Crippen molar-refractivity contribution in [3.63, 3.8) is 0 Å². The Kier molecular flexibility index (Phi) is 19.4. The second-order valence-corrected chi connectivity index (χ2v) is 8.70. The van der Waals surface area contributed by atoms with Crippen LogP contribution in [0.4, 0.5) is 0 Å². The molecular weight excluding hydrogens is 358 g/mol. The van der Waals surface area contributed by atoms with E-state index in [1.165, 1.54) is 64.2 Å². The molecule has 0 bridgehead atoms. The van der Waals surface area contributed by atoms with Crippen molar-refractivity contribution in [3.05, 3.63) is 25.3 Å². The second-order valence-electron chi connectivity index (χ2n) is 8.70. The molecule has 0 aliphatic carbocycles. The molecule has 0 rings (SSSR count). The summed E-state index contributed by atoms with van der Waals surface area (Å²) in [4.78, 5) is 13.6. The molecule has 0 aromatic carbocycles.